The van der Waals surface area contributed by atoms with Crippen LogP contribution in [-0.2, 0) is 13.0 Å². The van der Waals surface area contributed by atoms with Crippen molar-refractivity contribution in [3.05, 3.63) is 54.0 Å². The van der Waals surface area contributed by atoms with Crippen LogP contribution in [0.5, 0.6) is 0 Å². The molecule has 0 amide bonds. The van der Waals surface area contributed by atoms with Gasteiger partial charge in [0.1, 0.15) is 5.82 Å². The van der Waals surface area contributed by atoms with Crippen LogP contribution in [0.3, 0.4) is 0 Å². The molecule has 0 aromatic carbocycles. The van der Waals surface area contributed by atoms with Crippen LogP contribution in [-0.4, -0.2) is 60.6 Å². The van der Waals surface area contributed by atoms with Crippen molar-refractivity contribution >= 4 is 11.8 Å². The number of nitrogens with zero attached hydrogens (tertiary/aromatic N) is 5. The van der Waals surface area contributed by atoms with E-state index < -0.39 is 0 Å². The molecule has 7 nitrogen and oxygen atoms in total. The summed E-state index contributed by atoms with van der Waals surface area (Å²) in [6.07, 6.45) is 4.46. The van der Waals surface area contributed by atoms with Crippen molar-refractivity contribution in [2.45, 2.75) is 13.0 Å². The van der Waals surface area contributed by atoms with Gasteiger partial charge in [0.25, 0.3) is 0 Å². The van der Waals surface area contributed by atoms with E-state index in [-0.39, 0.29) is 0 Å². The Kier molecular flexibility index (Phi) is 6.38. The van der Waals surface area contributed by atoms with E-state index in [1.165, 1.54) is 0 Å². The highest BCUT2D eigenvalue weighted by molar-refractivity contribution is 5.77. The highest BCUT2D eigenvalue weighted by Gasteiger charge is 2.17. The minimum atomic E-state index is 0.453. The Balaban J connectivity index is 1.54. The Labute approximate surface area is 155 Å². The van der Waals surface area contributed by atoms with Gasteiger partial charge in [0.2, 0.25) is 0 Å². The lowest BCUT2D eigenvalue weighted by Gasteiger charge is -2.34. The molecule has 1 aliphatic rings. The van der Waals surface area contributed by atoms with E-state index in [2.05, 4.69) is 43.2 Å². The molecule has 0 radical (unpaired) electrons. The van der Waals surface area contributed by atoms with Gasteiger partial charge in [-0.3, -0.25) is 4.98 Å². The molecular weight excluding hydrogens is 326 g/mol. The third kappa shape index (κ3) is 5.16. The van der Waals surface area contributed by atoms with Crippen LogP contribution in [0.2, 0.25) is 0 Å². The summed E-state index contributed by atoms with van der Waals surface area (Å²) in [5.41, 5.74) is 8.15. The minimum Gasteiger partial charge on any atom is -0.370 e. The Hall–Kier alpha value is -2.67. The summed E-state index contributed by atoms with van der Waals surface area (Å²) in [4.78, 5) is 18.0. The van der Waals surface area contributed by atoms with Crippen molar-refractivity contribution in [3.63, 3.8) is 0 Å². The molecule has 3 N–H and O–H groups in total. The van der Waals surface area contributed by atoms with Gasteiger partial charge in [-0.25, -0.2) is 9.98 Å². The molecule has 2 aromatic rings. The topological polar surface area (TPSA) is 82.7 Å². The fraction of sp³-hybridized carbons (Fsp3) is 0.421. The molecule has 1 saturated heterocycles. The zero-order chi connectivity index (χ0) is 18.2. The normalized spacial score (nSPS) is 15.9. The molecule has 26 heavy (non-hydrogen) atoms. The first-order chi connectivity index (χ1) is 12.7. The van der Waals surface area contributed by atoms with Gasteiger partial charge in [-0.15, -0.1) is 0 Å². The van der Waals surface area contributed by atoms with Gasteiger partial charge in [0.05, 0.1) is 6.54 Å². The van der Waals surface area contributed by atoms with E-state index in [1.54, 1.807) is 6.20 Å². The summed E-state index contributed by atoms with van der Waals surface area (Å²) in [7, 11) is 2.15. The van der Waals surface area contributed by atoms with Gasteiger partial charge in [0, 0.05) is 62.8 Å². The molecule has 0 saturated carbocycles. The zero-order valence-corrected chi connectivity index (χ0v) is 15.3. The summed E-state index contributed by atoms with van der Waals surface area (Å²) in [5.74, 6) is 1.47. The van der Waals surface area contributed by atoms with E-state index in [4.69, 9.17) is 5.73 Å². The monoisotopic (exact) mass is 353 g/mol. The fourth-order valence-corrected chi connectivity index (χ4v) is 2.95. The predicted octanol–water partition coefficient (Wildman–Crippen LogP) is 0.875. The van der Waals surface area contributed by atoms with Crippen LogP contribution in [0.15, 0.2) is 47.7 Å². The molecule has 0 bridgehead atoms. The molecule has 1 aliphatic heterocycles. The first kappa shape index (κ1) is 18.1. The molecule has 2 aromatic heterocycles. The second kappa shape index (κ2) is 9.15. The number of guanidine groups is 1. The molecule has 0 spiro atoms. The summed E-state index contributed by atoms with van der Waals surface area (Å²) >= 11 is 0. The second-order valence-corrected chi connectivity index (χ2v) is 6.48. The van der Waals surface area contributed by atoms with Crippen LogP contribution in [0, 0.1) is 0 Å². The number of aromatic nitrogens is 2. The van der Waals surface area contributed by atoms with Crippen molar-refractivity contribution in [2.24, 2.45) is 10.7 Å². The van der Waals surface area contributed by atoms with Crippen LogP contribution in [0.1, 0.15) is 11.3 Å². The third-order valence-corrected chi connectivity index (χ3v) is 4.50. The van der Waals surface area contributed by atoms with E-state index >= 15 is 0 Å². The quantitative estimate of drug-likeness (QED) is 0.592. The van der Waals surface area contributed by atoms with Gasteiger partial charge in [0.15, 0.2) is 5.96 Å². The average Bonchev–Trinajstić information content (AvgIpc) is 2.68. The fourth-order valence-electron chi connectivity index (χ4n) is 2.95. The van der Waals surface area contributed by atoms with E-state index in [0.29, 0.717) is 19.0 Å². The number of piperazine rings is 1. The SMILES string of the molecule is CN1CCN(c2ncccc2CN=C(N)NCCc2ccccn2)CC1. The molecule has 138 valence electrons. The Morgan fingerprint density at radius 2 is 1.92 bits per heavy atom. The zero-order valence-electron chi connectivity index (χ0n) is 15.3. The number of pyridine rings is 2. The predicted molar refractivity (Wildman–Crippen MR) is 105 cm³/mol. The van der Waals surface area contributed by atoms with Gasteiger partial charge >= 0.3 is 0 Å². The number of anilines is 1. The second-order valence-electron chi connectivity index (χ2n) is 6.48. The van der Waals surface area contributed by atoms with Crippen LogP contribution < -0.4 is 16.0 Å². The molecule has 0 atom stereocenters. The van der Waals surface area contributed by atoms with Gasteiger partial charge in [-0.05, 0) is 25.2 Å². The minimum absolute atomic E-state index is 0.453. The standard InChI is InChI=1S/C19H27N7/c1-25-11-13-26(14-12-25)18-16(5-4-9-22-18)15-24-19(20)23-10-7-17-6-2-3-8-21-17/h2-6,8-9H,7,10-15H2,1H3,(H3,20,23,24). The first-order valence-corrected chi connectivity index (χ1v) is 9.03. The van der Waals surface area contributed by atoms with Crippen molar-refractivity contribution in [2.75, 3.05) is 44.7 Å². The maximum atomic E-state index is 6.01. The number of rotatable bonds is 6. The summed E-state index contributed by atoms with van der Waals surface area (Å²) in [5, 5.41) is 3.15. The van der Waals surface area contributed by atoms with E-state index in [0.717, 1.165) is 49.7 Å². The number of aliphatic imine (C=N–C) groups is 1. The molecule has 3 heterocycles. The van der Waals surface area contributed by atoms with Crippen molar-refractivity contribution < 1.29 is 0 Å². The molecule has 1 fully saturated rings. The summed E-state index contributed by atoms with van der Waals surface area (Å²) in [6, 6.07) is 9.94. The third-order valence-electron chi connectivity index (χ3n) is 4.50. The summed E-state index contributed by atoms with van der Waals surface area (Å²) in [6.45, 7) is 5.32. The number of likely N-dealkylation sites (N-methyl/N-ethyl adjacent to an activating group) is 1. The highest BCUT2D eigenvalue weighted by atomic mass is 15.3. The largest absolute Gasteiger partial charge is 0.370 e. The Morgan fingerprint density at radius 1 is 1.12 bits per heavy atom. The van der Waals surface area contributed by atoms with Crippen molar-refractivity contribution in [1.82, 2.24) is 20.2 Å². The molecule has 0 aliphatic carbocycles. The van der Waals surface area contributed by atoms with Crippen LogP contribution in [0.4, 0.5) is 5.82 Å². The van der Waals surface area contributed by atoms with E-state index in [1.807, 2.05) is 30.5 Å². The lowest BCUT2D eigenvalue weighted by Crippen LogP contribution is -2.45. The van der Waals surface area contributed by atoms with Gasteiger partial charge < -0.3 is 20.9 Å². The van der Waals surface area contributed by atoms with E-state index in [9.17, 15) is 0 Å². The van der Waals surface area contributed by atoms with Crippen molar-refractivity contribution in [3.8, 4) is 0 Å². The first-order valence-electron chi connectivity index (χ1n) is 9.03. The lowest BCUT2D eigenvalue weighted by atomic mass is 10.2. The van der Waals surface area contributed by atoms with Gasteiger partial charge in [-0.1, -0.05) is 12.1 Å². The molecule has 3 rings (SSSR count). The molecular formula is C19H27N7. The maximum Gasteiger partial charge on any atom is 0.188 e. The number of hydrogen-bond donors (Lipinski definition) is 2. The maximum absolute atomic E-state index is 6.01. The number of nitrogens with two attached hydrogens (primary N) is 1. The number of nitrogens with one attached hydrogen (secondary N) is 1. The van der Waals surface area contributed by atoms with Crippen molar-refractivity contribution in [1.29, 1.82) is 0 Å². The van der Waals surface area contributed by atoms with Gasteiger partial charge in [-0.2, -0.15) is 0 Å². The average molecular weight is 353 g/mol. The molecule has 0 unspecified atom stereocenters. The Morgan fingerprint density at radius 3 is 2.69 bits per heavy atom. The Bertz CT molecular complexity index is 709. The number of hydrogen-bond acceptors (Lipinski definition) is 5. The summed E-state index contributed by atoms with van der Waals surface area (Å²) < 4.78 is 0. The highest BCUT2D eigenvalue weighted by Crippen LogP contribution is 2.19. The van der Waals surface area contributed by atoms with Crippen LogP contribution >= 0.6 is 0 Å². The lowest BCUT2D eigenvalue weighted by molar-refractivity contribution is 0.312. The smallest absolute Gasteiger partial charge is 0.188 e. The molecule has 7 heteroatoms. The van der Waals surface area contributed by atoms with Crippen LogP contribution in [0.25, 0.3) is 0 Å².